The topological polar surface area (TPSA) is 21.3 Å². The van der Waals surface area contributed by atoms with Crippen LogP contribution in [0.15, 0.2) is 12.2 Å². The third-order valence-corrected chi connectivity index (χ3v) is 2.56. The molecule has 2 nitrogen and oxygen atoms in total. The molecule has 1 fully saturated rings. The van der Waals surface area contributed by atoms with Crippen molar-refractivity contribution in [3.8, 4) is 0 Å². The summed E-state index contributed by atoms with van der Waals surface area (Å²) in [5, 5.41) is 3.43. The Hall–Kier alpha value is -0.340. The Balaban J connectivity index is 2.01. The third kappa shape index (κ3) is 4.44. The number of hydrogen-bond donors (Lipinski definition) is 1. The lowest BCUT2D eigenvalue weighted by Crippen LogP contribution is -2.30. The average Bonchev–Trinajstić information content (AvgIpc) is 2.19. The van der Waals surface area contributed by atoms with Crippen LogP contribution in [0.5, 0.6) is 0 Å². The molecule has 1 unspecified atom stereocenters. The van der Waals surface area contributed by atoms with Gasteiger partial charge >= 0.3 is 0 Å². The molecule has 0 amide bonds. The molecule has 1 atom stereocenters. The minimum Gasteiger partial charge on any atom is -0.381 e. The van der Waals surface area contributed by atoms with Crippen molar-refractivity contribution in [2.75, 3.05) is 26.3 Å². The minimum absolute atomic E-state index is 0.721. The Kier molecular flexibility index (Phi) is 5.09. The predicted molar refractivity (Wildman–Crippen MR) is 55.8 cm³/mol. The molecule has 0 aromatic carbocycles. The molecule has 0 aromatic heterocycles. The maximum atomic E-state index is 5.40. The highest BCUT2D eigenvalue weighted by Gasteiger charge is 2.12. The van der Waals surface area contributed by atoms with Gasteiger partial charge in [-0.05, 0) is 25.2 Å². The summed E-state index contributed by atoms with van der Waals surface area (Å²) >= 11 is 0. The van der Waals surface area contributed by atoms with E-state index in [1.165, 1.54) is 18.4 Å². The molecule has 1 heterocycles. The fourth-order valence-electron chi connectivity index (χ4n) is 1.55. The van der Waals surface area contributed by atoms with E-state index in [1.807, 2.05) is 0 Å². The van der Waals surface area contributed by atoms with Gasteiger partial charge in [-0.15, -0.1) is 0 Å². The van der Waals surface area contributed by atoms with Crippen LogP contribution < -0.4 is 5.32 Å². The molecule has 2 heteroatoms. The quantitative estimate of drug-likeness (QED) is 0.658. The largest absolute Gasteiger partial charge is 0.381 e. The molecule has 0 spiro atoms. The van der Waals surface area contributed by atoms with Crippen LogP contribution in [0.3, 0.4) is 0 Å². The minimum atomic E-state index is 0.721. The van der Waals surface area contributed by atoms with Gasteiger partial charge in [-0.2, -0.15) is 0 Å². The van der Waals surface area contributed by atoms with Gasteiger partial charge in [-0.1, -0.05) is 19.1 Å². The van der Waals surface area contributed by atoms with Gasteiger partial charge in [0.05, 0.1) is 6.61 Å². The van der Waals surface area contributed by atoms with Crippen molar-refractivity contribution in [2.24, 2.45) is 5.92 Å². The van der Waals surface area contributed by atoms with Crippen molar-refractivity contribution in [1.82, 2.24) is 5.32 Å². The monoisotopic (exact) mass is 183 g/mol. The summed E-state index contributed by atoms with van der Waals surface area (Å²) < 4.78 is 5.40. The summed E-state index contributed by atoms with van der Waals surface area (Å²) in [6.07, 6.45) is 3.61. The number of rotatable bonds is 5. The Morgan fingerprint density at radius 1 is 1.62 bits per heavy atom. The van der Waals surface area contributed by atoms with E-state index in [4.69, 9.17) is 4.74 Å². The van der Waals surface area contributed by atoms with Crippen molar-refractivity contribution in [2.45, 2.75) is 26.2 Å². The van der Waals surface area contributed by atoms with E-state index >= 15 is 0 Å². The summed E-state index contributed by atoms with van der Waals surface area (Å²) in [5.74, 6) is 0.721. The Morgan fingerprint density at radius 2 is 2.46 bits per heavy atom. The summed E-state index contributed by atoms with van der Waals surface area (Å²) in [4.78, 5) is 0. The number of hydrogen-bond acceptors (Lipinski definition) is 2. The molecular weight excluding hydrogens is 162 g/mol. The van der Waals surface area contributed by atoms with Crippen molar-refractivity contribution < 1.29 is 4.74 Å². The zero-order valence-corrected chi connectivity index (χ0v) is 8.64. The second kappa shape index (κ2) is 6.17. The van der Waals surface area contributed by atoms with Crippen molar-refractivity contribution in [1.29, 1.82) is 0 Å². The molecule has 0 saturated carbocycles. The van der Waals surface area contributed by atoms with Crippen LogP contribution >= 0.6 is 0 Å². The van der Waals surface area contributed by atoms with Crippen LogP contribution in [0.4, 0.5) is 0 Å². The van der Waals surface area contributed by atoms with E-state index in [0.717, 1.165) is 38.6 Å². The lowest BCUT2D eigenvalue weighted by Gasteiger charge is -2.22. The first kappa shape index (κ1) is 10.7. The molecule has 1 saturated heterocycles. The lowest BCUT2D eigenvalue weighted by atomic mass is 10.0. The Bertz CT molecular complexity index is 150. The van der Waals surface area contributed by atoms with E-state index in [-0.39, 0.29) is 0 Å². The highest BCUT2D eigenvalue weighted by molar-refractivity contribution is 4.94. The van der Waals surface area contributed by atoms with E-state index in [1.54, 1.807) is 0 Å². The molecule has 1 aliphatic heterocycles. The van der Waals surface area contributed by atoms with E-state index < -0.39 is 0 Å². The van der Waals surface area contributed by atoms with Crippen LogP contribution in [0.25, 0.3) is 0 Å². The van der Waals surface area contributed by atoms with E-state index in [2.05, 4.69) is 18.8 Å². The first-order valence-corrected chi connectivity index (χ1v) is 5.28. The SMILES string of the molecule is C=C(CC)CNCC1CCCOC1. The standard InChI is InChI=1S/C11H21NO/c1-3-10(2)7-12-8-11-5-4-6-13-9-11/h11-12H,2-9H2,1H3. The summed E-state index contributed by atoms with van der Waals surface area (Å²) in [7, 11) is 0. The fraction of sp³-hybridized carbons (Fsp3) is 0.818. The van der Waals surface area contributed by atoms with Gasteiger partial charge in [0, 0.05) is 19.7 Å². The first-order valence-electron chi connectivity index (χ1n) is 5.28. The van der Waals surface area contributed by atoms with Gasteiger partial charge in [0.1, 0.15) is 0 Å². The smallest absolute Gasteiger partial charge is 0.0506 e. The average molecular weight is 183 g/mol. The third-order valence-electron chi connectivity index (χ3n) is 2.56. The van der Waals surface area contributed by atoms with Crippen molar-refractivity contribution in [3.05, 3.63) is 12.2 Å². The van der Waals surface area contributed by atoms with Crippen LogP contribution in [0.2, 0.25) is 0 Å². The van der Waals surface area contributed by atoms with Crippen LogP contribution in [-0.4, -0.2) is 26.3 Å². The second-order valence-electron chi connectivity index (χ2n) is 3.82. The number of ether oxygens (including phenoxy) is 1. The summed E-state index contributed by atoms with van der Waals surface area (Å²) in [6, 6.07) is 0. The lowest BCUT2D eigenvalue weighted by molar-refractivity contribution is 0.0551. The van der Waals surface area contributed by atoms with Gasteiger partial charge in [0.25, 0.3) is 0 Å². The fourth-order valence-corrected chi connectivity index (χ4v) is 1.55. The van der Waals surface area contributed by atoms with Crippen molar-refractivity contribution >= 4 is 0 Å². The highest BCUT2D eigenvalue weighted by Crippen LogP contribution is 2.12. The molecular formula is C11H21NO. The molecule has 1 aliphatic rings. The first-order chi connectivity index (χ1) is 6.33. The van der Waals surface area contributed by atoms with Gasteiger partial charge in [-0.25, -0.2) is 0 Å². The Morgan fingerprint density at radius 3 is 3.08 bits per heavy atom. The van der Waals surface area contributed by atoms with Crippen molar-refractivity contribution in [3.63, 3.8) is 0 Å². The summed E-state index contributed by atoms with van der Waals surface area (Å²) in [5.41, 5.74) is 1.29. The number of nitrogens with one attached hydrogen (secondary N) is 1. The normalized spacial score (nSPS) is 23.0. The van der Waals surface area contributed by atoms with Gasteiger partial charge in [0.2, 0.25) is 0 Å². The molecule has 1 N–H and O–H groups in total. The zero-order chi connectivity index (χ0) is 9.52. The molecule has 0 bridgehead atoms. The van der Waals surface area contributed by atoms with E-state index in [9.17, 15) is 0 Å². The predicted octanol–water partition coefficient (Wildman–Crippen LogP) is 1.97. The Labute approximate surface area is 81.4 Å². The highest BCUT2D eigenvalue weighted by atomic mass is 16.5. The van der Waals surface area contributed by atoms with Gasteiger partial charge in [0.15, 0.2) is 0 Å². The molecule has 0 aliphatic carbocycles. The van der Waals surface area contributed by atoms with Crippen LogP contribution in [-0.2, 0) is 4.74 Å². The van der Waals surface area contributed by atoms with Crippen LogP contribution in [0.1, 0.15) is 26.2 Å². The molecule has 1 rings (SSSR count). The summed E-state index contributed by atoms with van der Waals surface area (Å²) in [6.45, 7) is 10.0. The molecule has 0 radical (unpaired) electrons. The van der Waals surface area contributed by atoms with Crippen LogP contribution in [0, 0.1) is 5.92 Å². The van der Waals surface area contributed by atoms with E-state index in [0.29, 0.717) is 0 Å². The maximum absolute atomic E-state index is 5.40. The molecule has 76 valence electrons. The van der Waals surface area contributed by atoms with Gasteiger partial charge < -0.3 is 10.1 Å². The molecule has 0 aromatic rings. The van der Waals surface area contributed by atoms with Gasteiger partial charge in [-0.3, -0.25) is 0 Å². The molecule has 13 heavy (non-hydrogen) atoms. The zero-order valence-electron chi connectivity index (χ0n) is 8.64. The second-order valence-corrected chi connectivity index (χ2v) is 3.82. The maximum Gasteiger partial charge on any atom is 0.0506 e.